The summed E-state index contributed by atoms with van der Waals surface area (Å²) in [6.45, 7) is 4.36. The van der Waals surface area contributed by atoms with Gasteiger partial charge in [-0.15, -0.1) is 0 Å². The molecule has 2 aromatic carbocycles. The Labute approximate surface area is 117 Å². The van der Waals surface area contributed by atoms with E-state index in [1.54, 1.807) is 0 Å². The van der Waals surface area contributed by atoms with E-state index in [-0.39, 0.29) is 0 Å². The third kappa shape index (κ3) is 1.45. The van der Waals surface area contributed by atoms with Crippen molar-refractivity contribution < 1.29 is 0 Å². The minimum Gasteiger partial charge on any atom is -0.353 e. The highest BCUT2D eigenvalue weighted by Crippen LogP contribution is 2.34. The summed E-state index contributed by atoms with van der Waals surface area (Å²) in [4.78, 5) is 7.10. The molecule has 98 valence electrons. The Morgan fingerprint density at radius 3 is 1.40 bits per heavy atom. The number of aryl methyl sites for hydroxylation is 2. The van der Waals surface area contributed by atoms with Crippen LogP contribution in [-0.2, 0) is 0 Å². The molecule has 2 aromatic heterocycles. The van der Waals surface area contributed by atoms with Crippen LogP contribution in [0, 0.1) is 13.8 Å². The lowest BCUT2D eigenvalue weighted by Gasteiger charge is -1.99. The van der Waals surface area contributed by atoms with Gasteiger partial charge in [0, 0.05) is 21.8 Å². The summed E-state index contributed by atoms with van der Waals surface area (Å²) >= 11 is 0. The lowest BCUT2D eigenvalue weighted by Crippen LogP contribution is -1.83. The molecule has 0 saturated heterocycles. The number of para-hydroxylation sites is 2. The van der Waals surface area contributed by atoms with Gasteiger partial charge in [0.2, 0.25) is 0 Å². The molecule has 0 saturated carbocycles. The summed E-state index contributed by atoms with van der Waals surface area (Å²) in [7, 11) is 0. The summed E-state index contributed by atoms with van der Waals surface area (Å²) in [5, 5.41) is 2.58. The molecule has 2 heteroatoms. The highest BCUT2D eigenvalue weighted by Gasteiger charge is 2.14. The molecule has 2 nitrogen and oxygen atoms in total. The van der Waals surface area contributed by atoms with Gasteiger partial charge in [-0.1, -0.05) is 36.4 Å². The molecule has 20 heavy (non-hydrogen) atoms. The molecule has 0 atom stereocenters. The Bertz CT molecular complexity index is 847. The van der Waals surface area contributed by atoms with Crippen molar-refractivity contribution in [3.63, 3.8) is 0 Å². The van der Waals surface area contributed by atoms with Crippen LogP contribution in [0.15, 0.2) is 48.5 Å². The molecule has 0 unspecified atom stereocenters. The van der Waals surface area contributed by atoms with Crippen molar-refractivity contribution in [2.45, 2.75) is 13.8 Å². The van der Waals surface area contributed by atoms with Gasteiger partial charge in [-0.25, -0.2) is 0 Å². The maximum Gasteiger partial charge on any atom is 0.0663 e. The molecule has 0 aliphatic heterocycles. The van der Waals surface area contributed by atoms with E-state index in [1.165, 1.54) is 44.3 Å². The van der Waals surface area contributed by atoms with Crippen molar-refractivity contribution in [2.24, 2.45) is 0 Å². The summed E-state index contributed by atoms with van der Waals surface area (Å²) < 4.78 is 0. The van der Waals surface area contributed by atoms with Crippen LogP contribution in [0.4, 0.5) is 0 Å². The lowest BCUT2D eigenvalue weighted by atomic mass is 10.1. The zero-order valence-electron chi connectivity index (χ0n) is 11.6. The van der Waals surface area contributed by atoms with Gasteiger partial charge in [0.15, 0.2) is 0 Å². The molecule has 0 bridgehead atoms. The smallest absolute Gasteiger partial charge is 0.0663 e. The molecular weight excluding hydrogens is 244 g/mol. The van der Waals surface area contributed by atoms with Gasteiger partial charge in [-0.05, 0) is 37.1 Å². The molecule has 0 aliphatic rings. The zero-order valence-corrected chi connectivity index (χ0v) is 11.6. The van der Waals surface area contributed by atoms with Gasteiger partial charge in [-0.3, -0.25) is 0 Å². The Balaban J connectivity index is 2.06. The van der Waals surface area contributed by atoms with Crippen LogP contribution in [0.5, 0.6) is 0 Å². The van der Waals surface area contributed by atoms with Gasteiger partial charge in [-0.2, -0.15) is 0 Å². The van der Waals surface area contributed by atoms with E-state index >= 15 is 0 Å². The molecule has 0 fully saturated rings. The molecule has 0 aliphatic carbocycles. The van der Waals surface area contributed by atoms with Crippen molar-refractivity contribution in [1.82, 2.24) is 9.97 Å². The Morgan fingerprint density at radius 1 is 0.600 bits per heavy atom. The number of H-pyrrole nitrogens is 2. The van der Waals surface area contributed by atoms with E-state index in [0.29, 0.717) is 0 Å². The minimum atomic E-state index is 1.19. The lowest BCUT2D eigenvalue weighted by molar-refractivity contribution is 1.32. The van der Waals surface area contributed by atoms with Crippen LogP contribution in [-0.4, -0.2) is 9.97 Å². The van der Waals surface area contributed by atoms with Gasteiger partial charge < -0.3 is 9.97 Å². The number of fused-ring (bicyclic) bond motifs is 2. The van der Waals surface area contributed by atoms with Crippen molar-refractivity contribution >= 4 is 21.8 Å². The third-order valence-corrected chi connectivity index (χ3v) is 4.18. The highest BCUT2D eigenvalue weighted by atomic mass is 14.8. The van der Waals surface area contributed by atoms with Crippen LogP contribution in [0.1, 0.15) is 11.1 Å². The largest absolute Gasteiger partial charge is 0.353 e. The van der Waals surface area contributed by atoms with Crippen molar-refractivity contribution in [3.05, 3.63) is 59.7 Å². The number of hydrogen-bond acceptors (Lipinski definition) is 0. The van der Waals surface area contributed by atoms with Crippen molar-refractivity contribution in [3.8, 4) is 11.4 Å². The quantitative estimate of drug-likeness (QED) is 0.486. The topological polar surface area (TPSA) is 31.6 Å². The van der Waals surface area contributed by atoms with Crippen LogP contribution < -0.4 is 0 Å². The first-order chi connectivity index (χ1) is 9.75. The van der Waals surface area contributed by atoms with Crippen molar-refractivity contribution in [1.29, 1.82) is 0 Å². The van der Waals surface area contributed by atoms with E-state index in [4.69, 9.17) is 0 Å². The first kappa shape index (κ1) is 11.4. The second-order valence-electron chi connectivity index (χ2n) is 5.34. The van der Waals surface area contributed by atoms with E-state index in [9.17, 15) is 0 Å². The van der Waals surface area contributed by atoms with Crippen LogP contribution in [0.2, 0.25) is 0 Å². The van der Waals surface area contributed by atoms with Gasteiger partial charge in [0.25, 0.3) is 0 Å². The maximum atomic E-state index is 3.55. The molecule has 4 aromatic rings. The standard InChI is InChI=1S/C18H16N2/c1-11-13-7-3-5-9-15(13)19-17(11)18-12(2)14-8-4-6-10-16(14)20-18/h3-10,19-20H,1-2H3. The maximum absolute atomic E-state index is 3.55. The predicted molar refractivity (Wildman–Crippen MR) is 85.1 cm³/mol. The fourth-order valence-corrected chi connectivity index (χ4v) is 3.06. The number of benzene rings is 2. The molecule has 0 spiro atoms. The first-order valence-corrected chi connectivity index (χ1v) is 6.90. The fourth-order valence-electron chi connectivity index (χ4n) is 3.06. The third-order valence-electron chi connectivity index (χ3n) is 4.18. The van der Waals surface area contributed by atoms with Gasteiger partial charge in [0.1, 0.15) is 0 Å². The number of aromatic nitrogens is 2. The number of nitrogens with one attached hydrogen (secondary N) is 2. The number of hydrogen-bond donors (Lipinski definition) is 2. The Hall–Kier alpha value is -2.48. The first-order valence-electron chi connectivity index (χ1n) is 6.90. The molecular formula is C18H16N2. The van der Waals surface area contributed by atoms with E-state index in [0.717, 1.165) is 0 Å². The second-order valence-corrected chi connectivity index (χ2v) is 5.34. The van der Waals surface area contributed by atoms with E-state index in [1.807, 2.05) is 0 Å². The van der Waals surface area contributed by atoms with Crippen LogP contribution in [0.25, 0.3) is 33.2 Å². The molecule has 0 amide bonds. The average Bonchev–Trinajstić information content (AvgIpc) is 2.98. The predicted octanol–water partition coefficient (Wildman–Crippen LogP) is 4.93. The normalized spacial score (nSPS) is 11.5. The van der Waals surface area contributed by atoms with Crippen molar-refractivity contribution in [2.75, 3.05) is 0 Å². The van der Waals surface area contributed by atoms with Gasteiger partial charge in [0.05, 0.1) is 11.4 Å². The summed E-state index contributed by atoms with van der Waals surface area (Å²) in [5.74, 6) is 0. The number of rotatable bonds is 1. The van der Waals surface area contributed by atoms with E-state index < -0.39 is 0 Å². The number of aromatic amines is 2. The zero-order chi connectivity index (χ0) is 13.7. The Morgan fingerprint density at radius 2 is 1.00 bits per heavy atom. The molecule has 4 rings (SSSR count). The van der Waals surface area contributed by atoms with Crippen LogP contribution >= 0.6 is 0 Å². The second kappa shape index (κ2) is 4.01. The fraction of sp³-hybridized carbons (Fsp3) is 0.111. The molecule has 2 N–H and O–H groups in total. The Kier molecular flexibility index (Phi) is 2.27. The molecule has 2 heterocycles. The SMILES string of the molecule is Cc1c(-c2[nH]c3ccccc3c2C)[nH]c2ccccc12. The average molecular weight is 260 g/mol. The van der Waals surface area contributed by atoms with Crippen LogP contribution in [0.3, 0.4) is 0 Å². The van der Waals surface area contributed by atoms with Gasteiger partial charge >= 0.3 is 0 Å². The summed E-state index contributed by atoms with van der Waals surface area (Å²) in [6.07, 6.45) is 0. The highest BCUT2D eigenvalue weighted by molar-refractivity contribution is 5.95. The van der Waals surface area contributed by atoms with E-state index in [2.05, 4.69) is 72.3 Å². The summed E-state index contributed by atoms with van der Waals surface area (Å²) in [5.41, 5.74) is 7.38. The monoisotopic (exact) mass is 260 g/mol. The molecule has 0 radical (unpaired) electrons. The minimum absolute atomic E-state index is 1.19. The summed E-state index contributed by atoms with van der Waals surface area (Å²) in [6, 6.07) is 16.9.